The van der Waals surface area contributed by atoms with Crippen molar-refractivity contribution in [3.63, 3.8) is 0 Å². The van der Waals surface area contributed by atoms with Gasteiger partial charge in [0, 0.05) is 47.2 Å². The van der Waals surface area contributed by atoms with E-state index in [1.165, 1.54) is 0 Å². The Morgan fingerprint density at radius 1 is 1.53 bits per heavy atom. The lowest BCUT2D eigenvalue weighted by Gasteiger charge is -2.21. The molecule has 1 unspecified atom stereocenters. The fraction of sp³-hybridized carbons (Fsp3) is 0.538. The highest BCUT2D eigenvalue weighted by atomic mass is 79.9. The highest BCUT2D eigenvalue weighted by Crippen LogP contribution is 2.19. The second kappa shape index (κ2) is 6.81. The molecule has 1 atom stereocenters. The summed E-state index contributed by atoms with van der Waals surface area (Å²) in [6, 6.07) is 2.25. The first-order valence-corrected chi connectivity index (χ1v) is 7.96. The van der Waals surface area contributed by atoms with Crippen LogP contribution in [-0.4, -0.2) is 34.9 Å². The van der Waals surface area contributed by atoms with Gasteiger partial charge in [0.1, 0.15) is 0 Å². The largest absolute Gasteiger partial charge is 0.341 e. The normalized spacial score (nSPS) is 17.0. The number of nitrogens with zero attached hydrogens (tertiary/aromatic N) is 2. The van der Waals surface area contributed by atoms with Crippen LogP contribution < -0.4 is 5.32 Å². The molecule has 1 saturated heterocycles. The number of likely N-dealkylation sites (tertiary alicyclic amines) is 1. The number of aromatic nitrogens is 1. The summed E-state index contributed by atoms with van der Waals surface area (Å²) < 4.78 is 1.94. The molecule has 1 N–H and O–H groups in total. The number of pyridine rings is 1. The van der Waals surface area contributed by atoms with Crippen molar-refractivity contribution < 1.29 is 4.79 Å². The molecule has 0 aliphatic carbocycles. The fourth-order valence-corrected chi connectivity index (χ4v) is 3.26. The van der Waals surface area contributed by atoms with E-state index in [1.54, 1.807) is 6.20 Å². The molecule has 19 heavy (non-hydrogen) atoms. The van der Waals surface area contributed by atoms with E-state index in [0.29, 0.717) is 13.0 Å². The molecule has 1 fully saturated rings. The molecule has 0 spiro atoms. The van der Waals surface area contributed by atoms with Crippen LogP contribution in [0.25, 0.3) is 0 Å². The molecular formula is C13H17Br2N3O. The summed E-state index contributed by atoms with van der Waals surface area (Å²) in [5, 5.41) is 3.40. The van der Waals surface area contributed by atoms with Gasteiger partial charge in [0.15, 0.2) is 0 Å². The van der Waals surface area contributed by atoms with E-state index in [0.717, 1.165) is 34.1 Å². The van der Waals surface area contributed by atoms with Gasteiger partial charge in [-0.15, -0.1) is 0 Å². The molecule has 2 heterocycles. The molecule has 4 nitrogen and oxygen atoms in total. The average Bonchev–Trinajstić information content (AvgIpc) is 2.74. The molecule has 0 aromatic carbocycles. The lowest BCUT2D eigenvalue weighted by atomic mass is 10.3. The zero-order valence-corrected chi connectivity index (χ0v) is 14.0. The molecule has 1 aromatic rings. The minimum Gasteiger partial charge on any atom is -0.341 e. The number of carbonyl (C=O) groups is 1. The maximum atomic E-state index is 11.5. The van der Waals surface area contributed by atoms with Crippen LogP contribution >= 0.6 is 31.9 Å². The van der Waals surface area contributed by atoms with Gasteiger partial charge in [-0.25, -0.2) is 0 Å². The van der Waals surface area contributed by atoms with Crippen molar-refractivity contribution in [2.75, 3.05) is 13.1 Å². The Morgan fingerprint density at radius 3 is 2.95 bits per heavy atom. The molecule has 1 aliphatic heterocycles. The Morgan fingerprint density at radius 2 is 2.32 bits per heavy atom. The van der Waals surface area contributed by atoms with Gasteiger partial charge in [-0.2, -0.15) is 0 Å². The van der Waals surface area contributed by atoms with Crippen molar-refractivity contribution >= 4 is 37.8 Å². The van der Waals surface area contributed by atoms with E-state index in [1.807, 2.05) is 11.0 Å². The Hall–Kier alpha value is -0.460. The molecule has 104 valence electrons. The van der Waals surface area contributed by atoms with Gasteiger partial charge in [-0.3, -0.25) is 9.78 Å². The van der Waals surface area contributed by atoms with Gasteiger partial charge < -0.3 is 10.2 Å². The van der Waals surface area contributed by atoms with Crippen molar-refractivity contribution in [2.45, 2.75) is 32.4 Å². The summed E-state index contributed by atoms with van der Waals surface area (Å²) in [7, 11) is 0. The van der Waals surface area contributed by atoms with Crippen LogP contribution in [0.5, 0.6) is 0 Å². The lowest BCUT2D eigenvalue weighted by Crippen LogP contribution is -2.39. The van der Waals surface area contributed by atoms with Crippen LogP contribution in [0.2, 0.25) is 0 Å². The van der Waals surface area contributed by atoms with Gasteiger partial charge in [-0.1, -0.05) is 0 Å². The predicted molar refractivity (Wildman–Crippen MR) is 81.8 cm³/mol. The van der Waals surface area contributed by atoms with Crippen LogP contribution in [0.3, 0.4) is 0 Å². The SMILES string of the molecule is CC(CN1CCCC1=O)NCc1ncc(Br)cc1Br. The number of rotatable bonds is 5. The van der Waals surface area contributed by atoms with Crippen molar-refractivity contribution in [3.8, 4) is 0 Å². The van der Waals surface area contributed by atoms with Crippen LogP contribution in [0.1, 0.15) is 25.5 Å². The summed E-state index contributed by atoms with van der Waals surface area (Å²) in [6.45, 7) is 4.45. The maximum Gasteiger partial charge on any atom is 0.222 e. The third kappa shape index (κ3) is 4.26. The van der Waals surface area contributed by atoms with Crippen LogP contribution in [0.4, 0.5) is 0 Å². The summed E-state index contributed by atoms with van der Waals surface area (Å²) in [5.41, 5.74) is 0.975. The minimum atomic E-state index is 0.263. The van der Waals surface area contributed by atoms with Crippen molar-refractivity contribution in [2.24, 2.45) is 0 Å². The maximum absolute atomic E-state index is 11.5. The molecule has 1 aromatic heterocycles. The molecule has 2 rings (SSSR count). The van der Waals surface area contributed by atoms with Gasteiger partial charge in [0.2, 0.25) is 5.91 Å². The second-order valence-electron chi connectivity index (χ2n) is 4.81. The summed E-state index contributed by atoms with van der Waals surface area (Å²) in [6.07, 6.45) is 3.48. The highest BCUT2D eigenvalue weighted by Gasteiger charge is 2.21. The molecule has 0 saturated carbocycles. The molecule has 1 aliphatic rings. The first-order valence-electron chi connectivity index (χ1n) is 6.37. The zero-order valence-electron chi connectivity index (χ0n) is 10.8. The first kappa shape index (κ1) is 14.9. The quantitative estimate of drug-likeness (QED) is 0.840. The van der Waals surface area contributed by atoms with Crippen molar-refractivity contribution in [1.82, 2.24) is 15.2 Å². The molecule has 1 amide bonds. The summed E-state index contributed by atoms with van der Waals surface area (Å²) in [5.74, 6) is 0.275. The summed E-state index contributed by atoms with van der Waals surface area (Å²) in [4.78, 5) is 17.8. The monoisotopic (exact) mass is 389 g/mol. The van der Waals surface area contributed by atoms with Gasteiger partial charge >= 0.3 is 0 Å². The van der Waals surface area contributed by atoms with Gasteiger partial charge in [0.05, 0.1) is 5.69 Å². The van der Waals surface area contributed by atoms with Crippen molar-refractivity contribution in [3.05, 3.63) is 26.9 Å². The second-order valence-corrected chi connectivity index (χ2v) is 6.58. The highest BCUT2D eigenvalue weighted by molar-refractivity contribution is 9.11. The Labute approximate surface area is 130 Å². The van der Waals surface area contributed by atoms with E-state index < -0.39 is 0 Å². The smallest absolute Gasteiger partial charge is 0.222 e. The zero-order chi connectivity index (χ0) is 13.8. The molecule has 0 bridgehead atoms. The van der Waals surface area contributed by atoms with Gasteiger partial charge in [-0.05, 0) is 51.3 Å². The summed E-state index contributed by atoms with van der Waals surface area (Å²) >= 11 is 6.88. The third-order valence-corrected chi connectivity index (χ3v) is 4.29. The number of amides is 1. The lowest BCUT2D eigenvalue weighted by molar-refractivity contribution is -0.127. The fourth-order valence-electron chi connectivity index (χ4n) is 2.14. The number of hydrogen-bond acceptors (Lipinski definition) is 3. The van der Waals surface area contributed by atoms with Crippen LogP contribution in [0, 0.1) is 0 Å². The third-order valence-electron chi connectivity index (χ3n) is 3.17. The molecule has 0 radical (unpaired) electrons. The number of carbonyl (C=O) groups excluding carboxylic acids is 1. The standard InChI is InChI=1S/C13H17Br2N3O/c1-9(8-18-4-2-3-13(18)19)16-7-12-11(15)5-10(14)6-17-12/h5-6,9,16H,2-4,7-8H2,1H3. The van der Waals surface area contributed by atoms with Gasteiger partial charge in [0.25, 0.3) is 0 Å². The Bertz CT molecular complexity index is 467. The van der Waals surface area contributed by atoms with E-state index in [4.69, 9.17) is 0 Å². The Kier molecular flexibility index (Phi) is 5.36. The van der Waals surface area contributed by atoms with E-state index in [-0.39, 0.29) is 11.9 Å². The van der Waals surface area contributed by atoms with E-state index >= 15 is 0 Å². The Balaban J connectivity index is 1.82. The van der Waals surface area contributed by atoms with Crippen LogP contribution in [-0.2, 0) is 11.3 Å². The van der Waals surface area contributed by atoms with E-state index in [2.05, 4.69) is 49.1 Å². The molecular weight excluding hydrogens is 374 g/mol. The first-order chi connectivity index (χ1) is 9.06. The minimum absolute atomic E-state index is 0.263. The van der Waals surface area contributed by atoms with Crippen molar-refractivity contribution in [1.29, 1.82) is 0 Å². The molecule has 6 heteroatoms. The number of hydrogen-bond donors (Lipinski definition) is 1. The van der Waals surface area contributed by atoms with Crippen LogP contribution in [0.15, 0.2) is 21.2 Å². The topological polar surface area (TPSA) is 45.2 Å². The average molecular weight is 391 g/mol. The van der Waals surface area contributed by atoms with E-state index in [9.17, 15) is 4.79 Å². The number of nitrogens with one attached hydrogen (secondary N) is 1. The number of halogens is 2. The predicted octanol–water partition coefficient (Wildman–Crippen LogP) is 2.71.